The molecule has 194 valence electrons. The summed E-state index contributed by atoms with van der Waals surface area (Å²) >= 11 is 1.22. The van der Waals surface area contributed by atoms with Gasteiger partial charge in [0.2, 0.25) is 0 Å². The Kier molecular flexibility index (Phi) is 6.35. The molecule has 2 aromatic rings. The lowest BCUT2D eigenvalue weighted by Crippen LogP contribution is -2.47. The lowest BCUT2D eigenvalue weighted by atomic mass is 9.78. The van der Waals surface area contributed by atoms with E-state index >= 15 is 0 Å². The zero-order valence-electron chi connectivity index (χ0n) is 21.9. The zero-order valence-corrected chi connectivity index (χ0v) is 22.7. The van der Waals surface area contributed by atoms with E-state index in [2.05, 4.69) is 27.5 Å². The van der Waals surface area contributed by atoms with Crippen LogP contribution in [-0.4, -0.2) is 61.1 Å². The number of thiazole rings is 1. The Hall–Kier alpha value is -2.52. The number of hydrogen-bond donors (Lipinski definition) is 3. The van der Waals surface area contributed by atoms with Crippen LogP contribution in [0.3, 0.4) is 0 Å². The second-order valence-corrected chi connectivity index (χ2v) is 12.6. The third-order valence-electron chi connectivity index (χ3n) is 8.36. The summed E-state index contributed by atoms with van der Waals surface area (Å²) in [4.78, 5) is 38.8. The molecule has 2 saturated heterocycles. The summed E-state index contributed by atoms with van der Waals surface area (Å²) in [5.74, 6) is 0.343. The molecule has 9 heteroatoms. The third-order valence-corrected chi connectivity index (χ3v) is 9.45. The lowest BCUT2D eigenvalue weighted by molar-refractivity contribution is 0.0408. The van der Waals surface area contributed by atoms with Crippen LogP contribution in [0.25, 0.3) is 10.4 Å². The molecule has 4 heterocycles. The Morgan fingerprint density at radius 2 is 1.86 bits per heavy atom. The monoisotopic (exact) mass is 511 g/mol. The Labute approximate surface area is 216 Å². The Balaban J connectivity index is 1.49. The van der Waals surface area contributed by atoms with E-state index in [1.807, 2.05) is 17.9 Å². The highest BCUT2D eigenvalue weighted by Gasteiger charge is 2.44. The molecule has 0 spiro atoms. The van der Waals surface area contributed by atoms with Crippen molar-refractivity contribution in [1.82, 2.24) is 20.2 Å². The number of anilines is 1. The number of aryl methyl sites for hydroxylation is 1. The Morgan fingerprint density at radius 3 is 2.39 bits per heavy atom. The number of fused-ring (bicyclic) bond motifs is 2. The number of aromatic nitrogens is 2. The van der Waals surface area contributed by atoms with Gasteiger partial charge in [-0.15, -0.1) is 11.3 Å². The van der Waals surface area contributed by atoms with E-state index in [0.29, 0.717) is 10.6 Å². The standard InChI is InChI=1S/C27H37N5O3S/c1-15-13-20(31-27(5)11-6-12-27)28-14-19(15)22-21(25(34)32-17-7-8-18(32)10-9-17)30-24(36-22)23(33)29-16(2)26(3,4)35/h13-14,16-18,35H,6-12H2,1-5H3,(H,28,31)(H,29,33)/t16-,17?,18?/m1/s1. The molecule has 1 saturated carbocycles. The number of carbonyl (C=O) groups is 2. The maximum absolute atomic E-state index is 13.8. The zero-order chi connectivity index (χ0) is 25.8. The first-order valence-corrected chi connectivity index (χ1v) is 13.9. The minimum absolute atomic E-state index is 0.0873. The summed E-state index contributed by atoms with van der Waals surface area (Å²) in [6.45, 7) is 9.28. The fraction of sp³-hybridized carbons (Fsp3) is 0.630. The van der Waals surface area contributed by atoms with E-state index < -0.39 is 11.6 Å². The van der Waals surface area contributed by atoms with Crippen LogP contribution < -0.4 is 10.6 Å². The molecule has 0 radical (unpaired) electrons. The SMILES string of the molecule is Cc1cc(NC2(C)CCC2)ncc1-c1sc(C(=O)N[C@H](C)C(C)(C)O)nc1C(=O)N1C2CCC1CC2. The van der Waals surface area contributed by atoms with Gasteiger partial charge in [-0.1, -0.05) is 0 Å². The van der Waals surface area contributed by atoms with Crippen molar-refractivity contribution in [3.63, 3.8) is 0 Å². The molecular weight excluding hydrogens is 474 g/mol. The third kappa shape index (κ3) is 4.63. The molecule has 2 aromatic heterocycles. The maximum Gasteiger partial charge on any atom is 0.280 e. The number of rotatable bonds is 7. The fourth-order valence-corrected chi connectivity index (χ4v) is 6.58. The first kappa shape index (κ1) is 25.1. The molecule has 0 unspecified atom stereocenters. The van der Waals surface area contributed by atoms with Gasteiger partial charge in [0.15, 0.2) is 5.01 Å². The summed E-state index contributed by atoms with van der Waals surface area (Å²) < 4.78 is 0. The number of hydrogen-bond acceptors (Lipinski definition) is 7. The van der Waals surface area contributed by atoms with Crippen molar-refractivity contribution in [2.45, 2.75) is 109 Å². The smallest absolute Gasteiger partial charge is 0.280 e. The fourth-order valence-electron chi connectivity index (χ4n) is 5.55. The van der Waals surface area contributed by atoms with Gasteiger partial charge >= 0.3 is 0 Å². The Morgan fingerprint density at radius 1 is 1.22 bits per heavy atom. The van der Waals surface area contributed by atoms with Crippen LogP contribution in [0, 0.1) is 6.92 Å². The second kappa shape index (κ2) is 9.10. The lowest BCUT2D eigenvalue weighted by Gasteiger charge is -2.39. The van der Waals surface area contributed by atoms with Crippen molar-refractivity contribution in [3.05, 3.63) is 28.5 Å². The maximum atomic E-state index is 13.8. The summed E-state index contributed by atoms with van der Waals surface area (Å²) in [5.41, 5.74) is 1.14. The van der Waals surface area contributed by atoms with Gasteiger partial charge in [0.1, 0.15) is 11.5 Å². The number of amides is 2. The highest BCUT2D eigenvalue weighted by atomic mass is 32.1. The van der Waals surface area contributed by atoms with E-state index in [9.17, 15) is 14.7 Å². The van der Waals surface area contributed by atoms with Gasteiger partial charge in [0, 0.05) is 29.4 Å². The summed E-state index contributed by atoms with van der Waals surface area (Å²) in [5, 5.41) is 16.9. The van der Waals surface area contributed by atoms with E-state index in [1.165, 1.54) is 17.8 Å². The quantitative estimate of drug-likeness (QED) is 0.504. The van der Waals surface area contributed by atoms with Crippen LogP contribution in [-0.2, 0) is 0 Å². The number of aliphatic hydroxyl groups is 1. The summed E-state index contributed by atoms with van der Waals surface area (Å²) in [7, 11) is 0. The molecule has 3 fully saturated rings. The first-order chi connectivity index (χ1) is 16.9. The van der Waals surface area contributed by atoms with Crippen molar-refractivity contribution in [2.24, 2.45) is 0 Å². The van der Waals surface area contributed by atoms with Crippen LogP contribution in [0.1, 0.15) is 98.5 Å². The molecule has 3 N–H and O–H groups in total. The Bertz CT molecular complexity index is 1160. The highest BCUT2D eigenvalue weighted by molar-refractivity contribution is 7.17. The minimum Gasteiger partial charge on any atom is -0.388 e. The van der Waals surface area contributed by atoms with Gasteiger partial charge in [0.05, 0.1) is 16.5 Å². The number of nitrogens with zero attached hydrogens (tertiary/aromatic N) is 3. The normalized spacial score (nSPS) is 23.3. The minimum atomic E-state index is -1.08. The molecule has 2 aliphatic heterocycles. The molecule has 5 rings (SSSR count). The summed E-state index contributed by atoms with van der Waals surface area (Å²) in [6.07, 6.45) is 9.41. The molecule has 1 atom stereocenters. The van der Waals surface area contributed by atoms with Crippen LogP contribution >= 0.6 is 11.3 Å². The largest absolute Gasteiger partial charge is 0.388 e. The van der Waals surface area contributed by atoms with Crippen LogP contribution in [0.2, 0.25) is 0 Å². The molecule has 2 bridgehead atoms. The van der Waals surface area contributed by atoms with E-state index in [1.54, 1.807) is 27.0 Å². The van der Waals surface area contributed by atoms with Gasteiger partial charge in [-0.25, -0.2) is 9.97 Å². The van der Waals surface area contributed by atoms with Gasteiger partial charge in [0.25, 0.3) is 11.8 Å². The van der Waals surface area contributed by atoms with E-state index in [4.69, 9.17) is 0 Å². The predicted molar refractivity (Wildman–Crippen MR) is 141 cm³/mol. The van der Waals surface area contributed by atoms with Crippen LogP contribution in [0.15, 0.2) is 12.3 Å². The molecule has 36 heavy (non-hydrogen) atoms. The van der Waals surface area contributed by atoms with Crippen LogP contribution in [0.4, 0.5) is 5.82 Å². The van der Waals surface area contributed by atoms with Crippen molar-refractivity contribution in [1.29, 1.82) is 0 Å². The molecule has 0 aromatic carbocycles. The van der Waals surface area contributed by atoms with E-state index in [0.717, 1.165) is 55.5 Å². The predicted octanol–water partition coefficient (Wildman–Crippen LogP) is 4.52. The first-order valence-electron chi connectivity index (χ1n) is 13.1. The average molecular weight is 512 g/mol. The number of nitrogens with one attached hydrogen (secondary N) is 2. The molecule has 8 nitrogen and oxygen atoms in total. The molecular formula is C27H37N5O3S. The molecule has 3 aliphatic rings. The average Bonchev–Trinajstić information content (AvgIpc) is 3.51. The van der Waals surface area contributed by atoms with Crippen molar-refractivity contribution in [2.75, 3.05) is 5.32 Å². The van der Waals surface area contributed by atoms with E-state index in [-0.39, 0.29) is 34.4 Å². The van der Waals surface area contributed by atoms with Gasteiger partial charge < -0.3 is 20.6 Å². The second-order valence-electron chi connectivity index (χ2n) is 11.6. The highest BCUT2D eigenvalue weighted by Crippen LogP contribution is 2.41. The number of pyridine rings is 1. The van der Waals surface area contributed by atoms with Gasteiger partial charge in [-0.2, -0.15) is 0 Å². The molecule has 1 aliphatic carbocycles. The van der Waals surface area contributed by atoms with Crippen molar-refractivity contribution >= 4 is 29.0 Å². The summed E-state index contributed by atoms with van der Waals surface area (Å²) in [6, 6.07) is 2.06. The van der Waals surface area contributed by atoms with Crippen molar-refractivity contribution in [3.8, 4) is 10.4 Å². The topological polar surface area (TPSA) is 107 Å². The van der Waals surface area contributed by atoms with Crippen molar-refractivity contribution < 1.29 is 14.7 Å². The molecule has 2 amide bonds. The number of carbonyl (C=O) groups excluding carboxylic acids is 2. The van der Waals surface area contributed by atoms with Gasteiger partial charge in [-0.3, -0.25) is 9.59 Å². The van der Waals surface area contributed by atoms with Gasteiger partial charge in [-0.05, 0) is 91.2 Å². The van der Waals surface area contributed by atoms with Crippen LogP contribution in [0.5, 0.6) is 0 Å².